The summed E-state index contributed by atoms with van der Waals surface area (Å²) in [6.45, 7) is 1.43. The molecule has 2 N–H and O–H groups in total. The van der Waals surface area contributed by atoms with E-state index in [1.165, 1.54) is 20.1 Å². The van der Waals surface area contributed by atoms with Crippen molar-refractivity contribution in [2.24, 2.45) is 0 Å². The Bertz CT molecular complexity index is 768. The van der Waals surface area contributed by atoms with Crippen LogP contribution in [0.15, 0.2) is 36.4 Å². The van der Waals surface area contributed by atoms with Gasteiger partial charge in [-0.25, -0.2) is 0 Å². The van der Waals surface area contributed by atoms with Gasteiger partial charge in [-0.1, -0.05) is 23.7 Å². The Labute approximate surface area is 143 Å². The fraction of sp³-hybridized carbons (Fsp3) is 0.250. The number of aliphatic hydroxyl groups is 1. The Morgan fingerprint density at radius 3 is 2.71 bits per heavy atom. The zero-order chi connectivity index (χ0) is 17.9. The number of methoxy groups -OCH3 is 1. The lowest BCUT2D eigenvalue weighted by Gasteiger charge is -2.25. The molecule has 2 rings (SSSR count). The van der Waals surface area contributed by atoms with Gasteiger partial charge in [0.05, 0.1) is 12.0 Å². The highest BCUT2D eigenvalue weighted by atomic mass is 35.5. The number of rotatable bonds is 6. The van der Waals surface area contributed by atoms with Crippen molar-refractivity contribution >= 4 is 23.0 Å². The number of ether oxygens (including phenoxy) is 1. The van der Waals surface area contributed by atoms with E-state index >= 15 is 0 Å². The Balaban J connectivity index is 2.30. The third-order valence-electron chi connectivity index (χ3n) is 3.52. The summed E-state index contributed by atoms with van der Waals surface area (Å²) in [7, 11) is 1.33. The van der Waals surface area contributed by atoms with Crippen LogP contribution in [-0.2, 0) is 5.60 Å². The predicted molar refractivity (Wildman–Crippen MR) is 89.1 cm³/mol. The third kappa shape index (κ3) is 3.93. The van der Waals surface area contributed by atoms with E-state index in [2.05, 4.69) is 5.32 Å². The molecule has 0 saturated heterocycles. The Hall–Kier alpha value is -2.38. The highest BCUT2D eigenvalue weighted by Gasteiger charge is 2.27. The van der Waals surface area contributed by atoms with Crippen LogP contribution in [0.25, 0.3) is 0 Å². The first kappa shape index (κ1) is 18.0. The molecule has 0 heterocycles. The van der Waals surface area contributed by atoms with Crippen LogP contribution in [0.2, 0.25) is 5.02 Å². The molecule has 0 amide bonds. The average Bonchev–Trinajstić information content (AvgIpc) is 2.52. The smallest absolute Gasteiger partial charge is 0.327 e. The van der Waals surface area contributed by atoms with Crippen LogP contribution in [0, 0.1) is 15.9 Å². The molecular weight excluding hydrogens is 339 g/mol. The minimum absolute atomic E-state index is 0.0841. The highest BCUT2D eigenvalue weighted by molar-refractivity contribution is 6.30. The van der Waals surface area contributed by atoms with E-state index in [4.69, 9.17) is 16.3 Å². The van der Waals surface area contributed by atoms with Gasteiger partial charge in [0.25, 0.3) is 0 Å². The SMILES string of the molecule is COc1cc(F)c([N+](=O)[O-])c(NCC(C)(O)c2cccc(Cl)c2)c1. The number of anilines is 1. The van der Waals surface area contributed by atoms with Crippen LogP contribution in [0.4, 0.5) is 15.8 Å². The zero-order valence-corrected chi connectivity index (χ0v) is 13.8. The molecule has 0 saturated carbocycles. The summed E-state index contributed by atoms with van der Waals surface area (Å²) < 4.78 is 18.8. The number of nitrogens with one attached hydrogen (secondary N) is 1. The van der Waals surface area contributed by atoms with Crippen molar-refractivity contribution in [1.82, 2.24) is 0 Å². The Kier molecular flexibility index (Phi) is 5.26. The summed E-state index contributed by atoms with van der Waals surface area (Å²) in [5.41, 5.74) is -1.65. The zero-order valence-electron chi connectivity index (χ0n) is 13.0. The second-order valence-electron chi connectivity index (χ2n) is 5.40. The molecule has 0 aromatic heterocycles. The Morgan fingerprint density at radius 1 is 1.42 bits per heavy atom. The van der Waals surface area contributed by atoms with Crippen LogP contribution in [0.1, 0.15) is 12.5 Å². The van der Waals surface area contributed by atoms with Gasteiger partial charge < -0.3 is 15.2 Å². The number of halogens is 2. The summed E-state index contributed by atoms with van der Waals surface area (Å²) in [4.78, 5) is 10.3. The summed E-state index contributed by atoms with van der Waals surface area (Å²) >= 11 is 5.91. The monoisotopic (exact) mass is 354 g/mol. The number of hydrogen-bond donors (Lipinski definition) is 2. The lowest BCUT2D eigenvalue weighted by molar-refractivity contribution is -0.386. The first-order valence-corrected chi connectivity index (χ1v) is 7.36. The van der Waals surface area contributed by atoms with Crippen molar-refractivity contribution < 1.29 is 19.2 Å². The van der Waals surface area contributed by atoms with E-state index in [0.717, 1.165) is 6.07 Å². The summed E-state index contributed by atoms with van der Waals surface area (Å²) in [6, 6.07) is 8.84. The van der Waals surface area contributed by atoms with Gasteiger partial charge in [0.1, 0.15) is 17.0 Å². The highest BCUT2D eigenvalue weighted by Crippen LogP contribution is 2.33. The van der Waals surface area contributed by atoms with Crippen LogP contribution in [-0.4, -0.2) is 23.7 Å². The second-order valence-corrected chi connectivity index (χ2v) is 5.84. The molecule has 6 nitrogen and oxygen atoms in total. The van der Waals surface area contributed by atoms with Crippen LogP contribution < -0.4 is 10.1 Å². The van der Waals surface area contributed by atoms with Crippen molar-refractivity contribution in [3.8, 4) is 5.75 Å². The van der Waals surface area contributed by atoms with Crippen molar-refractivity contribution in [2.45, 2.75) is 12.5 Å². The van der Waals surface area contributed by atoms with Gasteiger partial charge in [-0.05, 0) is 24.6 Å². The van der Waals surface area contributed by atoms with Gasteiger partial charge in [0.2, 0.25) is 5.82 Å². The molecule has 1 unspecified atom stereocenters. The van der Waals surface area contributed by atoms with E-state index < -0.39 is 22.0 Å². The molecule has 2 aromatic carbocycles. The van der Waals surface area contributed by atoms with Gasteiger partial charge in [-0.2, -0.15) is 4.39 Å². The molecule has 0 aliphatic heterocycles. The largest absolute Gasteiger partial charge is 0.497 e. The van der Waals surface area contributed by atoms with Crippen LogP contribution >= 0.6 is 11.6 Å². The molecular formula is C16H16ClFN2O4. The maximum Gasteiger partial charge on any atom is 0.327 e. The van der Waals surface area contributed by atoms with E-state index in [-0.39, 0.29) is 18.0 Å². The van der Waals surface area contributed by atoms with E-state index in [1.54, 1.807) is 24.3 Å². The maximum absolute atomic E-state index is 13.9. The van der Waals surface area contributed by atoms with Crippen molar-refractivity contribution in [2.75, 3.05) is 19.0 Å². The van der Waals surface area contributed by atoms with Crippen LogP contribution in [0.3, 0.4) is 0 Å². The first-order valence-electron chi connectivity index (χ1n) is 6.99. The maximum atomic E-state index is 13.9. The lowest BCUT2D eigenvalue weighted by Crippen LogP contribution is -2.31. The fourth-order valence-corrected chi connectivity index (χ4v) is 2.40. The molecule has 0 fully saturated rings. The third-order valence-corrected chi connectivity index (χ3v) is 3.76. The Morgan fingerprint density at radius 2 is 2.12 bits per heavy atom. The molecule has 128 valence electrons. The first-order chi connectivity index (χ1) is 11.2. The predicted octanol–water partition coefficient (Wildman–Crippen LogP) is 3.72. The summed E-state index contributed by atoms with van der Waals surface area (Å²) in [5.74, 6) is -0.896. The minimum atomic E-state index is -1.38. The van der Waals surface area contributed by atoms with Crippen molar-refractivity contribution in [1.29, 1.82) is 0 Å². The van der Waals surface area contributed by atoms with E-state index in [1.807, 2.05) is 0 Å². The van der Waals surface area contributed by atoms with Gasteiger partial charge in [-0.3, -0.25) is 10.1 Å². The van der Waals surface area contributed by atoms with Crippen molar-refractivity contribution in [3.05, 3.63) is 62.9 Å². The van der Waals surface area contributed by atoms with Gasteiger partial charge in [0.15, 0.2) is 0 Å². The number of nitro benzene ring substituents is 1. The quantitative estimate of drug-likeness (QED) is 0.610. The molecule has 0 aliphatic rings. The lowest BCUT2D eigenvalue weighted by atomic mass is 9.96. The standard InChI is InChI=1S/C16H16ClFN2O4/c1-16(21,10-4-3-5-11(17)6-10)9-19-14-8-12(24-2)7-13(18)15(14)20(22)23/h3-8,19,21H,9H2,1-2H3. The van der Waals surface area contributed by atoms with Gasteiger partial charge in [0, 0.05) is 23.7 Å². The number of benzene rings is 2. The van der Waals surface area contributed by atoms with Gasteiger partial charge >= 0.3 is 5.69 Å². The molecule has 2 aromatic rings. The summed E-state index contributed by atoms with van der Waals surface area (Å²) in [5, 5.41) is 24.8. The molecule has 8 heteroatoms. The molecule has 24 heavy (non-hydrogen) atoms. The number of nitrogens with zero attached hydrogens (tertiary/aromatic N) is 1. The summed E-state index contributed by atoms with van der Waals surface area (Å²) in [6.07, 6.45) is 0. The topological polar surface area (TPSA) is 84.6 Å². The minimum Gasteiger partial charge on any atom is -0.497 e. The molecule has 0 spiro atoms. The number of nitro groups is 1. The number of hydrogen-bond acceptors (Lipinski definition) is 5. The van der Waals surface area contributed by atoms with E-state index in [9.17, 15) is 19.6 Å². The molecule has 0 bridgehead atoms. The van der Waals surface area contributed by atoms with E-state index in [0.29, 0.717) is 10.6 Å². The van der Waals surface area contributed by atoms with Crippen LogP contribution in [0.5, 0.6) is 5.75 Å². The molecule has 0 radical (unpaired) electrons. The fourth-order valence-electron chi connectivity index (χ4n) is 2.21. The second kappa shape index (κ2) is 7.02. The molecule has 1 atom stereocenters. The van der Waals surface area contributed by atoms with Crippen molar-refractivity contribution in [3.63, 3.8) is 0 Å². The van der Waals surface area contributed by atoms with Gasteiger partial charge in [-0.15, -0.1) is 0 Å². The average molecular weight is 355 g/mol. The molecule has 0 aliphatic carbocycles. The normalized spacial score (nSPS) is 13.2.